The third-order valence-corrected chi connectivity index (χ3v) is 6.68. The van der Waals surface area contributed by atoms with Crippen LogP contribution in [0.5, 0.6) is 0 Å². The first-order valence-electron chi connectivity index (χ1n) is 12.8. The van der Waals surface area contributed by atoms with Gasteiger partial charge in [0.05, 0.1) is 53.8 Å². The van der Waals surface area contributed by atoms with E-state index in [9.17, 15) is 9.59 Å². The third kappa shape index (κ3) is 5.64. The van der Waals surface area contributed by atoms with E-state index in [-0.39, 0.29) is 24.5 Å². The lowest BCUT2D eigenvalue weighted by molar-refractivity contribution is -0.142. The summed E-state index contributed by atoms with van der Waals surface area (Å²) in [5.41, 5.74) is 5.63. The van der Waals surface area contributed by atoms with Crippen molar-refractivity contribution in [1.29, 1.82) is 0 Å². The number of carbonyl (C=O) groups is 2. The van der Waals surface area contributed by atoms with E-state index in [1.54, 1.807) is 18.6 Å². The van der Waals surface area contributed by atoms with E-state index in [1.165, 1.54) is 11.7 Å². The highest BCUT2D eigenvalue weighted by molar-refractivity contribution is 5.98. The Morgan fingerprint density at radius 2 is 1.84 bits per heavy atom. The molecule has 4 aromatic rings. The number of benzene rings is 1. The zero-order chi connectivity index (χ0) is 26.6. The Bertz CT molecular complexity index is 1440. The molecular weight excluding hydrogens is 482 g/mol. The fraction of sp³-hybridized carbons (Fsp3) is 0.357. The highest BCUT2D eigenvalue weighted by Crippen LogP contribution is 2.25. The van der Waals surface area contributed by atoms with Crippen molar-refractivity contribution in [1.82, 2.24) is 34.7 Å². The van der Waals surface area contributed by atoms with Gasteiger partial charge in [0.15, 0.2) is 0 Å². The van der Waals surface area contributed by atoms with E-state index >= 15 is 0 Å². The molecule has 0 unspecified atom stereocenters. The second kappa shape index (κ2) is 11.0. The Kier molecular flexibility index (Phi) is 7.30. The summed E-state index contributed by atoms with van der Waals surface area (Å²) in [7, 11) is 0. The first-order valence-corrected chi connectivity index (χ1v) is 12.8. The normalized spacial score (nSPS) is 15.4. The average molecular weight is 514 g/mol. The number of hydrogen-bond donors (Lipinski definition) is 0. The molecule has 0 N–H and O–H groups in total. The first-order chi connectivity index (χ1) is 18.4. The molecular formula is C28H31N7O3. The van der Waals surface area contributed by atoms with Crippen LogP contribution in [0.2, 0.25) is 0 Å². The van der Waals surface area contributed by atoms with Crippen molar-refractivity contribution in [3.8, 4) is 16.9 Å². The van der Waals surface area contributed by atoms with Crippen LogP contribution in [0.15, 0.2) is 55.1 Å². The average Bonchev–Trinajstić information content (AvgIpc) is 3.60. The monoisotopic (exact) mass is 513 g/mol. The van der Waals surface area contributed by atoms with Gasteiger partial charge >= 0.3 is 5.97 Å². The lowest BCUT2D eigenvalue weighted by atomic mass is 9.99. The smallest absolute Gasteiger partial charge is 0.303 e. The summed E-state index contributed by atoms with van der Waals surface area (Å²) >= 11 is 0. The molecule has 1 aliphatic heterocycles. The Labute approximate surface area is 221 Å². The van der Waals surface area contributed by atoms with Crippen molar-refractivity contribution in [2.24, 2.45) is 0 Å². The molecule has 38 heavy (non-hydrogen) atoms. The molecule has 1 fully saturated rings. The molecule has 1 saturated heterocycles. The van der Waals surface area contributed by atoms with E-state index in [0.717, 1.165) is 41.6 Å². The van der Waals surface area contributed by atoms with Gasteiger partial charge in [-0.15, -0.1) is 0 Å². The molecule has 10 heteroatoms. The van der Waals surface area contributed by atoms with Gasteiger partial charge in [0.1, 0.15) is 6.61 Å². The molecule has 0 saturated carbocycles. The predicted molar refractivity (Wildman–Crippen MR) is 140 cm³/mol. The van der Waals surface area contributed by atoms with Gasteiger partial charge in [-0.2, -0.15) is 20.1 Å². The van der Waals surface area contributed by atoms with Crippen LogP contribution in [-0.4, -0.2) is 59.1 Å². The van der Waals surface area contributed by atoms with Gasteiger partial charge in [0, 0.05) is 25.2 Å². The summed E-state index contributed by atoms with van der Waals surface area (Å²) in [6.07, 6.45) is 9.88. The van der Waals surface area contributed by atoms with Crippen molar-refractivity contribution in [2.45, 2.75) is 59.2 Å². The maximum atomic E-state index is 13.9. The van der Waals surface area contributed by atoms with E-state index < -0.39 is 0 Å². The molecule has 0 bridgehead atoms. The van der Waals surface area contributed by atoms with E-state index in [4.69, 9.17) is 4.74 Å². The highest BCUT2D eigenvalue weighted by atomic mass is 16.5. The van der Waals surface area contributed by atoms with E-state index in [2.05, 4.69) is 20.3 Å². The molecule has 10 nitrogen and oxygen atoms in total. The van der Waals surface area contributed by atoms with Crippen molar-refractivity contribution < 1.29 is 14.3 Å². The Hall–Kier alpha value is -4.34. The summed E-state index contributed by atoms with van der Waals surface area (Å²) in [5.74, 6) is -0.360. The molecule has 1 aliphatic rings. The quantitative estimate of drug-likeness (QED) is 0.345. The molecule has 0 spiro atoms. The minimum absolute atomic E-state index is 0.00735. The molecule has 3 aromatic heterocycles. The number of amides is 1. The lowest BCUT2D eigenvalue weighted by Gasteiger charge is -2.36. The Balaban J connectivity index is 1.36. The topological polar surface area (TPSA) is 108 Å². The molecule has 0 aliphatic carbocycles. The number of ether oxygens (including phenoxy) is 1. The van der Waals surface area contributed by atoms with Crippen LogP contribution in [0.4, 0.5) is 0 Å². The number of likely N-dealkylation sites (tertiary alicyclic amines) is 1. The standard InChI is InChI=1S/C28H31N7O3/c1-19-7-8-27(35-29-9-10-30-35)25(13-19)28(37)34-11-5-4-6-24(34)17-33-16-22(15-31-33)26-14-20(2)12-23(32-26)18-38-21(3)36/h7-10,12-16,24H,4-6,11,17-18H2,1-3H3/t24-/m0/s1. The van der Waals surface area contributed by atoms with Crippen molar-refractivity contribution in [3.63, 3.8) is 0 Å². The number of hydrogen-bond acceptors (Lipinski definition) is 7. The minimum atomic E-state index is -0.340. The molecule has 1 amide bonds. The predicted octanol–water partition coefficient (Wildman–Crippen LogP) is 3.90. The van der Waals surface area contributed by atoms with Crippen LogP contribution in [0, 0.1) is 13.8 Å². The number of nitrogens with zero attached hydrogens (tertiary/aromatic N) is 7. The third-order valence-electron chi connectivity index (χ3n) is 6.68. The largest absolute Gasteiger partial charge is 0.459 e. The minimum Gasteiger partial charge on any atom is -0.459 e. The molecule has 4 heterocycles. The van der Waals surface area contributed by atoms with Gasteiger partial charge in [-0.1, -0.05) is 11.6 Å². The second-order valence-corrected chi connectivity index (χ2v) is 9.74. The molecule has 0 radical (unpaired) electrons. The zero-order valence-corrected chi connectivity index (χ0v) is 21.9. The Morgan fingerprint density at radius 1 is 1.03 bits per heavy atom. The number of carbonyl (C=O) groups excluding carboxylic acids is 2. The van der Waals surface area contributed by atoms with E-state index in [1.807, 2.05) is 60.0 Å². The Morgan fingerprint density at radius 3 is 2.63 bits per heavy atom. The van der Waals surface area contributed by atoms with Crippen LogP contribution in [0.3, 0.4) is 0 Å². The number of pyridine rings is 1. The first kappa shape index (κ1) is 25.3. The number of aryl methyl sites for hydroxylation is 2. The van der Waals surface area contributed by atoms with Crippen molar-refractivity contribution in [2.75, 3.05) is 6.54 Å². The SMILES string of the molecule is CC(=O)OCc1cc(C)cc(-c2cnn(C[C@@H]3CCCCN3C(=O)c3cc(C)ccc3-n3nccn3)c2)n1. The lowest BCUT2D eigenvalue weighted by Crippen LogP contribution is -2.46. The summed E-state index contributed by atoms with van der Waals surface area (Å²) in [6, 6.07) is 9.67. The van der Waals surface area contributed by atoms with Crippen LogP contribution < -0.4 is 0 Å². The van der Waals surface area contributed by atoms with Gasteiger partial charge in [-0.25, -0.2) is 4.98 Å². The van der Waals surface area contributed by atoms with Crippen LogP contribution in [-0.2, 0) is 22.7 Å². The fourth-order valence-electron chi connectivity index (χ4n) is 4.90. The number of aromatic nitrogens is 6. The van der Waals surface area contributed by atoms with Gasteiger partial charge in [0.25, 0.3) is 5.91 Å². The van der Waals surface area contributed by atoms with Crippen LogP contribution in [0.25, 0.3) is 16.9 Å². The maximum absolute atomic E-state index is 13.9. The van der Waals surface area contributed by atoms with Crippen LogP contribution in [0.1, 0.15) is 53.4 Å². The zero-order valence-electron chi connectivity index (χ0n) is 21.9. The summed E-state index contributed by atoms with van der Waals surface area (Å²) < 4.78 is 7.00. The van der Waals surface area contributed by atoms with Gasteiger partial charge in [0.2, 0.25) is 0 Å². The summed E-state index contributed by atoms with van der Waals surface area (Å²) in [4.78, 5) is 33.2. The molecule has 1 atom stereocenters. The van der Waals surface area contributed by atoms with Crippen LogP contribution >= 0.6 is 0 Å². The molecule has 5 rings (SSSR count). The van der Waals surface area contributed by atoms with E-state index in [0.29, 0.717) is 30.0 Å². The number of piperidine rings is 1. The molecule has 1 aromatic carbocycles. The van der Waals surface area contributed by atoms with Gasteiger partial charge < -0.3 is 9.64 Å². The number of esters is 1. The van der Waals surface area contributed by atoms with Gasteiger partial charge in [-0.05, 0) is 62.9 Å². The van der Waals surface area contributed by atoms with Crippen molar-refractivity contribution in [3.05, 3.63) is 77.5 Å². The number of rotatable bonds is 7. The molecule has 196 valence electrons. The summed E-state index contributed by atoms with van der Waals surface area (Å²) in [5, 5.41) is 13.1. The fourth-order valence-corrected chi connectivity index (χ4v) is 4.90. The maximum Gasteiger partial charge on any atom is 0.303 e. The summed E-state index contributed by atoms with van der Waals surface area (Å²) in [6.45, 7) is 6.75. The van der Waals surface area contributed by atoms with Gasteiger partial charge in [-0.3, -0.25) is 14.3 Å². The van der Waals surface area contributed by atoms with Crippen molar-refractivity contribution >= 4 is 11.9 Å². The highest BCUT2D eigenvalue weighted by Gasteiger charge is 2.30. The second-order valence-electron chi connectivity index (χ2n) is 9.74.